The molecular weight excluding hydrogens is 328 g/mol. The van der Waals surface area contributed by atoms with Crippen LogP contribution < -0.4 is 0 Å². The van der Waals surface area contributed by atoms with Crippen LogP contribution in [-0.4, -0.2) is 23.1 Å². The molecule has 148 valence electrons. The lowest BCUT2D eigenvalue weighted by Gasteiger charge is -2.60. The summed E-state index contributed by atoms with van der Waals surface area (Å²) < 4.78 is 12.4. The van der Waals surface area contributed by atoms with Crippen LogP contribution in [0.2, 0.25) is 0 Å². The van der Waals surface area contributed by atoms with Crippen molar-refractivity contribution in [3.05, 3.63) is 0 Å². The Kier molecular flexibility index (Phi) is 4.73. The van der Waals surface area contributed by atoms with Gasteiger partial charge in [0, 0.05) is 6.42 Å². The van der Waals surface area contributed by atoms with Crippen molar-refractivity contribution in [2.45, 2.75) is 104 Å². The Morgan fingerprint density at radius 3 is 1.46 bits per heavy atom. The van der Waals surface area contributed by atoms with E-state index >= 15 is 0 Å². The van der Waals surface area contributed by atoms with Crippen LogP contribution in [0.25, 0.3) is 0 Å². The summed E-state index contributed by atoms with van der Waals surface area (Å²) in [4.78, 5) is 25.6. The second-order valence-corrected chi connectivity index (χ2v) is 10.6. The predicted octanol–water partition coefficient (Wildman–Crippen LogP) is 5.04. The van der Waals surface area contributed by atoms with E-state index in [1.54, 1.807) is 0 Å². The van der Waals surface area contributed by atoms with E-state index < -0.39 is 22.0 Å². The summed E-state index contributed by atoms with van der Waals surface area (Å²) in [5.74, 6) is 0.812. The first-order chi connectivity index (χ1) is 11.9. The van der Waals surface area contributed by atoms with E-state index in [9.17, 15) is 9.59 Å². The normalized spacial score (nSPS) is 36.1. The molecule has 4 rings (SSSR count). The van der Waals surface area contributed by atoms with Crippen LogP contribution in [-0.2, 0) is 19.1 Å². The van der Waals surface area contributed by atoms with Crippen molar-refractivity contribution in [2.24, 2.45) is 22.7 Å². The number of carbonyl (C=O) groups excluding carboxylic acids is 2. The maximum absolute atomic E-state index is 12.8. The molecule has 26 heavy (non-hydrogen) atoms. The summed E-state index contributed by atoms with van der Waals surface area (Å²) in [6, 6.07) is 0. The van der Waals surface area contributed by atoms with Gasteiger partial charge in [0.2, 0.25) is 0 Å². The highest BCUT2D eigenvalue weighted by atomic mass is 16.6. The van der Waals surface area contributed by atoms with E-state index in [4.69, 9.17) is 9.47 Å². The molecule has 0 radical (unpaired) electrons. The van der Waals surface area contributed by atoms with Crippen LogP contribution in [0.3, 0.4) is 0 Å². The second-order valence-electron chi connectivity index (χ2n) is 10.6. The third-order valence-electron chi connectivity index (χ3n) is 7.45. The highest BCUT2D eigenvalue weighted by Gasteiger charge is 2.62. The fraction of sp³-hybridized carbons (Fsp3) is 0.909. The first-order valence-electron chi connectivity index (χ1n) is 10.4. The molecule has 4 fully saturated rings. The Morgan fingerprint density at radius 1 is 0.808 bits per heavy atom. The standard InChI is InChI=1S/C22H36O4/c1-7-19(3,4)17(23)25-21-10-15-9-16(11-21)13-22(12-15,14-21)26-18(24)20(5,6)8-2/h15-16H,7-14H2,1-6H3. The van der Waals surface area contributed by atoms with Crippen LogP contribution in [0, 0.1) is 22.7 Å². The molecule has 0 saturated heterocycles. The molecule has 4 bridgehead atoms. The lowest BCUT2D eigenvalue weighted by molar-refractivity contribution is -0.238. The lowest BCUT2D eigenvalue weighted by Crippen LogP contribution is -2.62. The van der Waals surface area contributed by atoms with Gasteiger partial charge in [-0.3, -0.25) is 9.59 Å². The molecular formula is C22H36O4. The van der Waals surface area contributed by atoms with E-state index in [2.05, 4.69) is 0 Å². The third kappa shape index (κ3) is 3.41. The van der Waals surface area contributed by atoms with Crippen LogP contribution in [0.15, 0.2) is 0 Å². The predicted molar refractivity (Wildman–Crippen MR) is 100 cm³/mol. The Morgan fingerprint density at radius 2 is 1.15 bits per heavy atom. The number of hydrogen-bond acceptors (Lipinski definition) is 4. The molecule has 0 heterocycles. The molecule has 0 spiro atoms. The number of hydrogen-bond donors (Lipinski definition) is 0. The zero-order valence-corrected chi connectivity index (χ0v) is 17.4. The molecule has 0 atom stereocenters. The minimum absolute atomic E-state index is 0.0997. The van der Waals surface area contributed by atoms with Crippen molar-refractivity contribution in [1.29, 1.82) is 0 Å². The average Bonchev–Trinajstić information content (AvgIpc) is 2.52. The zero-order chi connectivity index (χ0) is 19.4. The Hall–Kier alpha value is -1.06. The third-order valence-corrected chi connectivity index (χ3v) is 7.45. The van der Waals surface area contributed by atoms with Gasteiger partial charge in [-0.15, -0.1) is 0 Å². The van der Waals surface area contributed by atoms with Crippen molar-refractivity contribution < 1.29 is 19.1 Å². The van der Waals surface area contributed by atoms with Gasteiger partial charge in [0.1, 0.15) is 11.2 Å². The van der Waals surface area contributed by atoms with Crippen molar-refractivity contribution in [3.8, 4) is 0 Å². The fourth-order valence-electron chi connectivity index (χ4n) is 5.29. The monoisotopic (exact) mass is 364 g/mol. The van der Waals surface area contributed by atoms with Crippen LogP contribution >= 0.6 is 0 Å². The molecule has 0 unspecified atom stereocenters. The fourth-order valence-corrected chi connectivity index (χ4v) is 5.29. The minimum Gasteiger partial charge on any atom is -0.458 e. The molecule has 4 heteroatoms. The van der Waals surface area contributed by atoms with Crippen molar-refractivity contribution in [3.63, 3.8) is 0 Å². The summed E-state index contributed by atoms with van der Waals surface area (Å²) in [5, 5.41) is 0. The largest absolute Gasteiger partial charge is 0.458 e. The number of rotatable bonds is 6. The Balaban J connectivity index is 1.81. The van der Waals surface area contributed by atoms with E-state index in [1.165, 1.54) is 6.42 Å². The maximum atomic E-state index is 12.8. The van der Waals surface area contributed by atoms with E-state index in [1.807, 2.05) is 41.5 Å². The number of esters is 2. The lowest BCUT2D eigenvalue weighted by atomic mass is 9.52. The minimum atomic E-state index is -0.461. The van der Waals surface area contributed by atoms with E-state index in [0.29, 0.717) is 18.3 Å². The van der Waals surface area contributed by atoms with Crippen molar-refractivity contribution in [2.75, 3.05) is 0 Å². The zero-order valence-electron chi connectivity index (χ0n) is 17.4. The van der Waals surface area contributed by atoms with E-state index in [0.717, 1.165) is 38.5 Å². The van der Waals surface area contributed by atoms with Gasteiger partial charge in [-0.2, -0.15) is 0 Å². The molecule has 4 aliphatic rings. The molecule has 0 aromatic carbocycles. The summed E-state index contributed by atoms with van der Waals surface area (Å²) in [6.07, 6.45) is 7.14. The molecule has 4 nitrogen and oxygen atoms in total. The van der Waals surface area contributed by atoms with Gasteiger partial charge in [0.15, 0.2) is 0 Å². The molecule has 4 saturated carbocycles. The molecule has 4 aliphatic carbocycles. The van der Waals surface area contributed by atoms with Crippen LogP contribution in [0.5, 0.6) is 0 Å². The highest BCUT2D eigenvalue weighted by Crippen LogP contribution is 2.60. The molecule has 0 aliphatic heterocycles. The quantitative estimate of drug-likeness (QED) is 0.620. The molecule has 0 aromatic rings. The summed E-state index contributed by atoms with van der Waals surface area (Å²) >= 11 is 0. The average molecular weight is 365 g/mol. The SMILES string of the molecule is CCC(C)(C)C(=O)OC12CC3CC(C1)CC(OC(=O)C(C)(C)CC)(C3)C2. The second kappa shape index (κ2) is 6.24. The van der Waals surface area contributed by atoms with Gasteiger partial charge in [0.05, 0.1) is 10.8 Å². The van der Waals surface area contributed by atoms with Crippen molar-refractivity contribution >= 4 is 11.9 Å². The molecule has 0 N–H and O–H groups in total. The Bertz CT molecular complexity index is 527. The maximum Gasteiger partial charge on any atom is 0.312 e. The van der Waals surface area contributed by atoms with Gasteiger partial charge >= 0.3 is 11.9 Å². The molecule has 0 aromatic heterocycles. The van der Waals surface area contributed by atoms with Gasteiger partial charge in [-0.25, -0.2) is 0 Å². The van der Waals surface area contributed by atoms with Gasteiger partial charge in [0.25, 0.3) is 0 Å². The topological polar surface area (TPSA) is 52.6 Å². The summed E-state index contributed by atoms with van der Waals surface area (Å²) in [5.41, 5.74) is -1.77. The van der Waals surface area contributed by atoms with Gasteiger partial charge in [-0.1, -0.05) is 13.8 Å². The number of carbonyl (C=O) groups is 2. The number of ether oxygens (including phenoxy) is 2. The first kappa shape index (κ1) is 19.7. The molecule has 0 amide bonds. The smallest absolute Gasteiger partial charge is 0.312 e. The Labute approximate surface area is 158 Å². The highest BCUT2D eigenvalue weighted by molar-refractivity contribution is 5.77. The van der Waals surface area contributed by atoms with Crippen LogP contribution in [0.1, 0.15) is 92.9 Å². The first-order valence-corrected chi connectivity index (χ1v) is 10.4. The summed E-state index contributed by atoms with van der Waals surface area (Å²) in [6.45, 7) is 11.9. The van der Waals surface area contributed by atoms with Crippen LogP contribution in [0.4, 0.5) is 0 Å². The van der Waals surface area contributed by atoms with Gasteiger partial charge < -0.3 is 9.47 Å². The van der Waals surface area contributed by atoms with E-state index in [-0.39, 0.29) is 11.9 Å². The van der Waals surface area contributed by atoms with Gasteiger partial charge in [-0.05, 0) is 84.5 Å². The summed E-state index contributed by atoms with van der Waals surface area (Å²) in [7, 11) is 0. The van der Waals surface area contributed by atoms with Crippen molar-refractivity contribution in [1.82, 2.24) is 0 Å².